The zero-order chi connectivity index (χ0) is 15.5. The molecule has 1 aromatic rings. The minimum absolute atomic E-state index is 0.0793. The first kappa shape index (κ1) is 15.9. The molecule has 0 spiro atoms. The molecule has 1 saturated carbocycles. The first-order valence-corrected chi connectivity index (χ1v) is 8.63. The van der Waals surface area contributed by atoms with Crippen molar-refractivity contribution in [2.24, 2.45) is 0 Å². The van der Waals surface area contributed by atoms with Gasteiger partial charge in [-0.15, -0.1) is 0 Å². The lowest BCUT2D eigenvalue weighted by Gasteiger charge is -2.38. The summed E-state index contributed by atoms with van der Waals surface area (Å²) >= 11 is 11.9. The molecule has 2 fully saturated rings. The number of piperazine rings is 1. The van der Waals surface area contributed by atoms with E-state index in [0.29, 0.717) is 15.7 Å². The highest BCUT2D eigenvalue weighted by Crippen LogP contribution is 2.25. The Morgan fingerprint density at radius 2 is 1.59 bits per heavy atom. The lowest BCUT2D eigenvalue weighted by Crippen LogP contribution is -2.52. The molecule has 4 nitrogen and oxygen atoms in total. The van der Waals surface area contributed by atoms with Crippen molar-refractivity contribution in [1.29, 1.82) is 0 Å². The number of halogens is 2. The van der Waals surface area contributed by atoms with Gasteiger partial charge in [0.05, 0.1) is 0 Å². The normalized spacial score (nSPS) is 20.4. The Labute approximate surface area is 141 Å². The van der Waals surface area contributed by atoms with E-state index in [1.54, 1.807) is 18.2 Å². The molecule has 120 valence electrons. The van der Waals surface area contributed by atoms with Gasteiger partial charge in [-0.05, 0) is 31.0 Å². The minimum atomic E-state index is -0.0793. The van der Waals surface area contributed by atoms with Gasteiger partial charge in [0, 0.05) is 48.0 Å². The Morgan fingerprint density at radius 1 is 1.00 bits per heavy atom. The van der Waals surface area contributed by atoms with Gasteiger partial charge in [0.15, 0.2) is 0 Å². The molecule has 1 aliphatic heterocycles. The summed E-state index contributed by atoms with van der Waals surface area (Å²) in [5.41, 5.74) is 0.640. The van der Waals surface area contributed by atoms with E-state index in [0.717, 1.165) is 32.2 Å². The Bertz CT molecular complexity index is 518. The standard InChI is InChI=1S/C16H21Cl2N3O/c17-12-9-13(18)11-14(10-12)19-16(22)21-7-5-20(6-8-21)15-3-1-2-4-15/h9-11,15H,1-8H2,(H,19,22). The third kappa shape index (κ3) is 3.86. The summed E-state index contributed by atoms with van der Waals surface area (Å²) < 4.78 is 0. The first-order valence-electron chi connectivity index (χ1n) is 7.88. The van der Waals surface area contributed by atoms with Crippen LogP contribution >= 0.6 is 23.2 Å². The number of amides is 2. The van der Waals surface area contributed by atoms with E-state index in [2.05, 4.69) is 10.2 Å². The highest BCUT2D eigenvalue weighted by atomic mass is 35.5. The van der Waals surface area contributed by atoms with Gasteiger partial charge in [-0.25, -0.2) is 4.79 Å². The van der Waals surface area contributed by atoms with Crippen molar-refractivity contribution in [3.8, 4) is 0 Å². The molecule has 1 aliphatic carbocycles. The van der Waals surface area contributed by atoms with E-state index in [-0.39, 0.29) is 6.03 Å². The van der Waals surface area contributed by atoms with E-state index < -0.39 is 0 Å². The zero-order valence-corrected chi connectivity index (χ0v) is 14.0. The molecule has 2 amide bonds. The van der Waals surface area contributed by atoms with Crippen LogP contribution in [0.15, 0.2) is 18.2 Å². The molecule has 0 radical (unpaired) electrons. The average molecular weight is 342 g/mol. The number of carbonyl (C=O) groups is 1. The van der Waals surface area contributed by atoms with Crippen molar-refractivity contribution in [3.63, 3.8) is 0 Å². The van der Waals surface area contributed by atoms with Crippen LogP contribution in [0.5, 0.6) is 0 Å². The van der Waals surface area contributed by atoms with E-state index >= 15 is 0 Å². The Morgan fingerprint density at radius 3 is 2.18 bits per heavy atom. The van der Waals surface area contributed by atoms with Gasteiger partial charge in [-0.2, -0.15) is 0 Å². The molecule has 1 aromatic carbocycles. The molecule has 0 atom stereocenters. The minimum Gasteiger partial charge on any atom is -0.322 e. The van der Waals surface area contributed by atoms with Crippen LogP contribution < -0.4 is 5.32 Å². The number of rotatable bonds is 2. The van der Waals surface area contributed by atoms with Gasteiger partial charge in [0.25, 0.3) is 0 Å². The van der Waals surface area contributed by atoms with Crippen LogP contribution in [0.1, 0.15) is 25.7 Å². The monoisotopic (exact) mass is 341 g/mol. The number of hydrogen-bond acceptors (Lipinski definition) is 2. The van der Waals surface area contributed by atoms with Crippen LogP contribution in [0.3, 0.4) is 0 Å². The quantitative estimate of drug-likeness (QED) is 0.879. The van der Waals surface area contributed by atoms with E-state index in [1.165, 1.54) is 25.7 Å². The molecule has 1 heterocycles. The zero-order valence-electron chi connectivity index (χ0n) is 12.5. The van der Waals surface area contributed by atoms with Crippen molar-refractivity contribution < 1.29 is 4.79 Å². The lowest BCUT2D eigenvalue weighted by molar-refractivity contribution is 0.115. The Balaban J connectivity index is 1.53. The summed E-state index contributed by atoms with van der Waals surface area (Å²) in [5, 5.41) is 3.92. The largest absolute Gasteiger partial charge is 0.322 e. The number of benzene rings is 1. The van der Waals surface area contributed by atoms with Gasteiger partial charge >= 0.3 is 6.03 Å². The fourth-order valence-electron chi connectivity index (χ4n) is 3.39. The number of carbonyl (C=O) groups excluding carboxylic acids is 1. The van der Waals surface area contributed by atoms with Crippen molar-refractivity contribution in [3.05, 3.63) is 28.2 Å². The summed E-state index contributed by atoms with van der Waals surface area (Å²) in [5.74, 6) is 0. The van der Waals surface area contributed by atoms with Gasteiger partial charge in [-0.3, -0.25) is 4.90 Å². The van der Waals surface area contributed by atoms with Gasteiger partial charge < -0.3 is 10.2 Å². The second-order valence-corrected chi connectivity index (χ2v) is 6.92. The van der Waals surface area contributed by atoms with Gasteiger partial charge in [0.2, 0.25) is 0 Å². The summed E-state index contributed by atoms with van der Waals surface area (Å²) in [6.07, 6.45) is 5.32. The molecule has 0 aromatic heterocycles. The van der Waals surface area contributed by atoms with Crippen molar-refractivity contribution in [2.45, 2.75) is 31.7 Å². The summed E-state index contributed by atoms with van der Waals surface area (Å²) in [6, 6.07) is 5.72. The van der Waals surface area contributed by atoms with Crippen LogP contribution in [0.2, 0.25) is 10.0 Å². The molecule has 2 aliphatic rings. The number of nitrogens with zero attached hydrogens (tertiary/aromatic N) is 2. The average Bonchev–Trinajstić information content (AvgIpc) is 3.00. The summed E-state index contributed by atoms with van der Waals surface area (Å²) in [7, 11) is 0. The van der Waals surface area contributed by atoms with Crippen LogP contribution in [0.4, 0.5) is 10.5 Å². The summed E-state index contributed by atoms with van der Waals surface area (Å²) in [4.78, 5) is 16.7. The van der Waals surface area contributed by atoms with Crippen molar-refractivity contribution in [2.75, 3.05) is 31.5 Å². The maximum atomic E-state index is 12.3. The smallest absolute Gasteiger partial charge is 0.321 e. The molecule has 1 N–H and O–H groups in total. The van der Waals surface area contributed by atoms with Gasteiger partial charge in [0.1, 0.15) is 0 Å². The predicted octanol–water partition coefficient (Wildman–Crippen LogP) is 4.09. The lowest BCUT2D eigenvalue weighted by atomic mass is 10.2. The van der Waals surface area contributed by atoms with Crippen LogP contribution in [-0.2, 0) is 0 Å². The van der Waals surface area contributed by atoms with Crippen LogP contribution in [0.25, 0.3) is 0 Å². The molecular weight excluding hydrogens is 321 g/mol. The Hall–Kier alpha value is -0.970. The number of hydrogen-bond donors (Lipinski definition) is 1. The molecule has 0 unspecified atom stereocenters. The van der Waals surface area contributed by atoms with Crippen LogP contribution in [-0.4, -0.2) is 48.1 Å². The third-order valence-electron chi connectivity index (χ3n) is 4.56. The molecule has 3 rings (SSSR count). The molecular formula is C16H21Cl2N3O. The predicted molar refractivity (Wildman–Crippen MR) is 90.9 cm³/mol. The first-order chi connectivity index (χ1) is 10.6. The third-order valence-corrected chi connectivity index (χ3v) is 4.99. The van der Waals surface area contributed by atoms with Crippen molar-refractivity contribution >= 4 is 34.9 Å². The maximum absolute atomic E-state index is 12.3. The number of anilines is 1. The Kier molecular flexibility index (Phi) is 5.11. The van der Waals surface area contributed by atoms with E-state index in [9.17, 15) is 4.79 Å². The van der Waals surface area contributed by atoms with Gasteiger partial charge in [-0.1, -0.05) is 36.0 Å². The molecule has 22 heavy (non-hydrogen) atoms. The fraction of sp³-hybridized carbons (Fsp3) is 0.562. The SMILES string of the molecule is O=C(Nc1cc(Cl)cc(Cl)c1)N1CCN(C2CCCC2)CC1. The number of nitrogens with one attached hydrogen (secondary N) is 1. The fourth-order valence-corrected chi connectivity index (χ4v) is 3.91. The highest BCUT2D eigenvalue weighted by Gasteiger charge is 2.27. The second-order valence-electron chi connectivity index (χ2n) is 6.05. The van der Waals surface area contributed by atoms with E-state index in [1.807, 2.05) is 4.90 Å². The molecule has 6 heteroatoms. The maximum Gasteiger partial charge on any atom is 0.321 e. The summed E-state index contributed by atoms with van der Waals surface area (Å²) in [6.45, 7) is 3.48. The van der Waals surface area contributed by atoms with Crippen LogP contribution in [0, 0.1) is 0 Å². The van der Waals surface area contributed by atoms with Crippen molar-refractivity contribution in [1.82, 2.24) is 9.80 Å². The second kappa shape index (κ2) is 7.07. The number of urea groups is 1. The molecule has 0 bridgehead atoms. The molecule has 1 saturated heterocycles. The van der Waals surface area contributed by atoms with E-state index in [4.69, 9.17) is 23.2 Å². The highest BCUT2D eigenvalue weighted by molar-refractivity contribution is 6.35. The topological polar surface area (TPSA) is 35.6 Å².